The minimum atomic E-state index is -0.487. The van der Waals surface area contributed by atoms with E-state index in [9.17, 15) is 9.18 Å². The van der Waals surface area contributed by atoms with E-state index in [0.29, 0.717) is 18.1 Å². The summed E-state index contributed by atoms with van der Waals surface area (Å²) < 4.78 is 12.9. The minimum Gasteiger partial charge on any atom is -0.382 e. The van der Waals surface area contributed by atoms with Crippen LogP contribution >= 0.6 is 0 Å². The third-order valence-electron chi connectivity index (χ3n) is 3.47. The predicted molar refractivity (Wildman–Crippen MR) is 94.6 cm³/mol. The second kappa shape index (κ2) is 7.39. The van der Waals surface area contributed by atoms with Gasteiger partial charge in [0.15, 0.2) is 0 Å². The smallest absolute Gasteiger partial charge is 0.274 e. The van der Waals surface area contributed by atoms with Gasteiger partial charge in [-0.3, -0.25) is 4.79 Å². The van der Waals surface area contributed by atoms with Gasteiger partial charge in [0, 0.05) is 18.4 Å². The number of pyridine rings is 2. The number of rotatable bonds is 5. The molecule has 1 amide bonds. The molecule has 2 aromatic heterocycles. The highest BCUT2D eigenvalue weighted by Crippen LogP contribution is 2.17. The molecule has 0 saturated heterocycles. The van der Waals surface area contributed by atoms with Gasteiger partial charge in [0.2, 0.25) is 0 Å². The molecule has 3 rings (SSSR count). The van der Waals surface area contributed by atoms with Crippen LogP contribution < -0.4 is 16.4 Å². The lowest BCUT2D eigenvalue weighted by Crippen LogP contribution is -2.14. The number of hydrogen-bond donors (Lipinski definition) is 3. The molecule has 7 heteroatoms. The van der Waals surface area contributed by atoms with Gasteiger partial charge >= 0.3 is 0 Å². The Labute approximate surface area is 143 Å². The molecule has 0 fully saturated rings. The number of carbonyl (C=O) groups excluding carboxylic acids is 1. The number of aromatic nitrogens is 2. The monoisotopic (exact) mass is 337 g/mol. The average molecular weight is 337 g/mol. The molecule has 4 N–H and O–H groups in total. The van der Waals surface area contributed by atoms with Crippen molar-refractivity contribution in [2.75, 3.05) is 16.4 Å². The van der Waals surface area contributed by atoms with Crippen LogP contribution in [0.25, 0.3) is 0 Å². The molecule has 1 aromatic carbocycles. The van der Waals surface area contributed by atoms with Gasteiger partial charge in [-0.05, 0) is 42.0 Å². The lowest BCUT2D eigenvalue weighted by Gasteiger charge is -2.10. The van der Waals surface area contributed by atoms with Crippen LogP contribution in [0.1, 0.15) is 16.1 Å². The fourth-order valence-corrected chi connectivity index (χ4v) is 2.23. The number of amides is 1. The van der Waals surface area contributed by atoms with E-state index in [1.54, 1.807) is 18.3 Å². The molecule has 3 aromatic rings. The van der Waals surface area contributed by atoms with Crippen molar-refractivity contribution in [2.24, 2.45) is 0 Å². The van der Waals surface area contributed by atoms with E-state index in [4.69, 9.17) is 5.73 Å². The zero-order valence-corrected chi connectivity index (χ0v) is 13.2. The van der Waals surface area contributed by atoms with Gasteiger partial charge in [0.25, 0.3) is 5.91 Å². The Morgan fingerprint density at radius 1 is 1.12 bits per heavy atom. The first-order valence-electron chi connectivity index (χ1n) is 7.58. The summed E-state index contributed by atoms with van der Waals surface area (Å²) in [4.78, 5) is 19.9. The largest absolute Gasteiger partial charge is 0.382 e. The molecule has 0 bridgehead atoms. The van der Waals surface area contributed by atoms with Crippen LogP contribution in [-0.4, -0.2) is 15.9 Å². The Bertz CT molecular complexity index is 883. The van der Waals surface area contributed by atoms with Gasteiger partial charge in [-0.2, -0.15) is 0 Å². The van der Waals surface area contributed by atoms with Crippen molar-refractivity contribution in [3.8, 4) is 0 Å². The quantitative estimate of drug-likeness (QED) is 0.665. The van der Waals surface area contributed by atoms with E-state index in [2.05, 4.69) is 20.6 Å². The number of benzene rings is 1. The van der Waals surface area contributed by atoms with E-state index < -0.39 is 11.7 Å². The molecule has 0 aliphatic rings. The Kier molecular flexibility index (Phi) is 4.84. The van der Waals surface area contributed by atoms with Crippen LogP contribution in [-0.2, 0) is 6.54 Å². The highest BCUT2D eigenvalue weighted by Gasteiger charge is 2.08. The lowest BCUT2D eigenvalue weighted by atomic mass is 10.2. The number of nitrogen functional groups attached to an aromatic ring is 1. The second-order valence-electron chi connectivity index (χ2n) is 5.31. The average Bonchev–Trinajstić information content (AvgIpc) is 2.62. The van der Waals surface area contributed by atoms with Crippen LogP contribution in [0.3, 0.4) is 0 Å². The molecular weight excluding hydrogens is 321 g/mol. The van der Waals surface area contributed by atoms with Gasteiger partial charge in [0.1, 0.15) is 17.3 Å². The number of nitrogens with one attached hydrogen (secondary N) is 2. The van der Waals surface area contributed by atoms with E-state index in [-0.39, 0.29) is 5.69 Å². The fourth-order valence-electron chi connectivity index (χ4n) is 2.23. The van der Waals surface area contributed by atoms with Crippen molar-refractivity contribution in [3.63, 3.8) is 0 Å². The first kappa shape index (κ1) is 16.4. The summed E-state index contributed by atoms with van der Waals surface area (Å²) in [6.45, 7) is 0.522. The normalized spacial score (nSPS) is 10.3. The molecule has 0 aliphatic carbocycles. The summed E-state index contributed by atoms with van der Waals surface area (Å²) >= 11 is 0. The number of anilines is 3. The minimum absolute atomic E-state index is 0.146. The zero-order chi connectivity index (χ0) is 17.6. The molecule has 25 heavy (non-hydrogen) atoms. The van der Waals surface area contributed by atoms with Crippen LogP contribution in [0.4, 0.5) is 21.6 Å². The SMILES string of the molecule is Nc1ncccc1NCc1cccc(NC(=O)c2ccc(F)cn2)c1. The highest BCUT2D eigenvalue weighted by molar-refractivity contribution is 6.02. The molecule has 0 aliphatic heterocycles. The standard InChI is InChI=1S/C18H16FN5O/c19-13-6-7-16(23-11-13)18(25)24-14-4-1-3-12(9-14)10-22-15-5-2-8-21-17(15)20/h1-9,11,22H,10H2,(H2,20,21)(H,24,25). The van der Waals surface area contributed by atoms with Crippen LogP contribution in [0.2, 0.25) is 0 Å². The van der Waals surface area contributed by atoms with Gasteiger partial charge in [-0.1, -0.05) is 12.1 Å². The summed E-state index contributed by atoms with van der Waals surface area (Å²) in [7, 11) is 0. The van der Waals surface area contributed by atoms with Crippen molar-refractivity contribution >= 4 is 23.1 Å². The number of halogens is 1. The summed E-state index contributed by atoms with van der Waals surface area (Å²) in [5.41, 5.74) is 8.25. The van der Waals surface area contributed by atoms with Gasteiger partial charge < -0.3 is 16.4 Å². The van der Waals surface area contributed by atoms with Crippen molar-refractivity contribution in [1.29, 1.82) is 0 Å². The topological polar surface area (TPSA) is 92.9 Å². The van der Waals surface area contributed by atoms with Crippen molar-refractivity contribution < 1.29 is 9.18 Å². The van der Waals surface area contributed by atoms with Crippen LogP contribution in [0, 0.1) is 5.82 Å². The molecule has 2 heterocycles. The van der Waals surface area contributed by atoms with E-state index in [1.807, 2.05) is 24.3 Å². The number of nitrogens with two attached hydrogens (primary N) is 1. The van der Waals surface area contributed by atoms with Crippen LogP contribution in [0.5, 0.6) is 0 Å². The summed E-state index contributed by atoms with van der Waals surface area (Å²) in [6.07, 6.45) is 2.63. The van der Waals surface area contributed by atoms with E-state index in [1.165, 1.54) is 12.1 Å². The molecule has 6 nitrogen and oxygen atoms in total. The molecule has 0 radical (unpaired) electrons. The number of hydrogen-bond acceptors (Lipinski definition) is 5. The lowest BCUT2D eigenvalue weighted by molar-refractivity contribution is 0.102. The third kappa shape index (κ3) is 4.29. The van der Waals surface area contributed by atoms with Gasteiger partial charge in [-0.25, -0.2) is 14.4 Å². The van der Waals surface area contributed by atoms with Crippen molar-refractivity contribution in [2.45, 2.75) is 6.54 Å². The van der Waals surface area contributed by atoms with Crippen LogP contribution in [0.15, 0.2) is 60.9 Å². The van der Waals surface area contributed by atoms with Gasteiger partial charge in [-0.15, -0.1) is 0 Å². The molecule has 0 unspecified atom stereocenters. The molecule has 0 spiro atoms. The Morgan fingerprint density at radius 2 is 2.00 bits per heavy atom. The fraction of sp³-hybridized carbons (Fsp3) is 0.0556. The summed E-state index contributed by atoms with van der Waals surface area (Å²) in [5.74, 6) is -0.463. The Morgan fingerprint density at radius 3 is 2.76 bits per heavy atom. The first-order valence-corrected chi connectivity index (χ1v) is 7.58. The maximum Gasteiger partial charge on any atom is 0.274 e. The number of nitrogens with zero attached hydrogens (tertiary/aromatic N) is 2. The molecule has 126 valence electrons. The highest BCUT2D eigenvalue weighted by atomic mass is 19.1. The van der Waals surface area contributed by atoms with Crippen molar-refractivity contribution in [3.05, 3.63) is 78.0 Å². The second-order valence-corrected chi connectivity index (χ2v) is 5.31. The molecular formula is C18H16FN5O. The number of carbonyl (C=O) groups is 1. The van der Waals surface area contributed by atoms with Crippen molar-refractivity contribution in [1.82, 2.24) is 9.97 Å². The maximum atomic E-state index is 12.9. The molecule has 0 saturated carbocycles. The zero-order valence-electron chi connectivity index (χ0n) is 13.2. The van der Waals surface area contributed by atoms with E-state index in [0.717, 1.165) is 17.4 Å². The maximum absolute atomic E-state index is 12.9. The third-order valence-corrected chi connectivity index (χ3v) is 3.47. The van der Waals surface area contributed by atoms with E-state index >= 15 is 0 Å². The Balaban J connectivity index is 1.66. The van der Waals surface area contributed by atoms with Gasteiger partial charge in [0.05, 0.1) is 11.9 Å². The summed E-state index contributed by atoms with van der Waals surface area (Å²) in [5, 5.41) is 5.93. The summed E-state index contributed by atoms with van der Waals surface area (Å²) in [6, 6.07) is 13.5. The molecule has 0 atom stereocenters. The Hall–Kier alpha value is -3.48. The first-order chi connectivity index (χ1) is 12.1. The predicted octanol–water partition coefficient (Wildman–Crippen LogP) is 3.06.